The van der Waals surface area contributed by atoms with Crippen LogP contribution < -0.4 is 9.47 Å². The van der Waals surface area contributed by atoms with Crippen molar-refractivity contribution in [2.45, 2.75) is 0 Å². The van der Waals surface area contributed by atoms with Crippen LogP contribution in [-0.4, -0.2) is 14.2 Å². The zero-order valence-electron chi connectivity index (χ0n) is 11.3. The second-order valence-electron chi connectivity index (χ2n) is 4.21. The monoisotopic (exact) mass is 302 g/mol. The zero-order chi connectivity index (χ0) is 13.9. The maximum atomic E-state index is 5.56. The van der Waals surface area contributed by atoms with Crippen LogP contribution in [0, 0.1) is 0 Å². The van der Waals surface area contributed by atoms with Gasteiger partial charge in [0.1, 0.15) is 11.5 Å². The van der Waals surface area contributed by atoms with Crippen LogP contribution >= 0.6 is 22.7 Å². The Bertz CT molecular complexity index is 624. The highest BCUT2D eigenvalue weighted by atomic mass is 32.1. The van der Waals surface area contributed by atoms with Crippen LogP contribution in [0.4, 0.5) is 0 Å². The maximum Gasteiger partial charge on any atom is 0.128 e. The van der Waals surface area contributed by atoms with Crippen molar-refractivity contribution in [1.82, 2.24) is 0 Å². The molecule has 2 nitrogen and oxygen atoms in total. The van der Waals surface area contributed by atoms with E-state index < -0.39 is 0 Å². The molecule has 0 saturated heterocycles. The highest BCUT2D eigenvalue weighted by Crippen LogP contribution is 2.43. The third kappa shape index (κ3) is 2.32. The summed E-state index contributed by atoms with van der Waals surface area (Å²) >= 11 is 3.39. The number of ether oxygens (including phenoxy) is 2. The molecule has 0 atom stereocenters. The zero-order valence-corrected chi connectivity index (χ0v) is 12.9. The van der Waals surface area contributed by atoms with Gasteiger partial charge in [0.2, 0.25) is 0 Å². The van der Waals surface area contributed by atoms with Gasteiger partial charge in [-0.2, -0.15) is 0 Å². The summed E-state index contributed by atoms with van der Waals surface area (Å²) in [6.07, 6.45) is 0. The van der Waals surface area contributed by atoms with E-state index in [1.165, 1.54) is 9.75 Å². The Morgan fingerprint density at radius 1 is 0.750 bits per heavy atom. The molecule has 0 spiro atoms. The van der Waals surface area contributed by atoms with E-state index in [-0.39, 0.29) is 0 Å². The van der Waals surface area contributed by atoms with Crippen LogP contribution in [0.5, 0.6) is 11.5 Å². The number of methoxy groups -OCH3 is 2. The molecular formula is C16H14O2S2. The van der Waals surface area contributed by atoms with Crippen molar-refractivity contribution < 1.29 is 9.47 Å². The number of hydrogen-bond donors (Lipinski definition) is 0. The summed E-state index contributed by atoms with van der Waals surface area (Å²) in [7, 11) is 3.41. The van der Waals surface area contributed by atoms with Gasteiger partial charge in [-0.15, -0.1) is 22.7 Å². The molecule has 0 amide bonds. The highest BCUT2D eigenvalue weighted by molar-refractivity contribution is 7.14. The molecule has 3 aromatic rings. The molecule has 0 aliphatic rings. The molecule has 0 unspecified atom stereocenters. The number of thiophene rings is 2. The fraction of sp³-hybridized carbons (Fsp3) is 0.125. The predicted molar refractivity (Wildman–Crippen MR) is 86.2 cm³/mol. The summed E-state index contributed by atoms with van der Waals surface area (Å²) < 4.78 is 11.1. The smallest absolute Gasteiger partial charge is 0.128 e. The Balaban J connectivity index is 2.19. The molecule has 1 aromatic carbocycles. The summed E-state index contributed by atoms with van der Waals surface area (Å²) in [5, 5.41) is 4.13. The second kappa shape index (κ2) is 5.69. The van der Waals surface area contributed by atoms with Crippen molar-refractivity contribution in [3.05, 3.63) is 47.2 Å². The first kappa shape index (κ1) is 13.2. The molecule has 2 aromatic heterocycles. The van der Waals surface area contributed by atoms with Gasteiger partial charge in [0.05, 0.1) is 14.2 Å². The minimum atomic E-state index is 0.872. The van der Waals surface area contributed by atoms with Crippen molar-refractivity contribution in [2.24, 2.45) is 0 Å². The van der Waals surface area contributed by atoms with Gasteiger partial charge in [0.15, 0.2) is 0 Å². The Labute approximate surface area is 126 Å². The number of rotatable bonds is 4. The summed E-state index contributed by atoms with van der Waals surface area (Å²) in [5.74, 6) is 1.74. The molecule has 0 bridgehead atoms. The summed E-state index contributed by atoms with van der Waals surface area (Å²) in [6.45, 7) is 0. The third-order valence-electron chi connectivity index (χ3n) is 3.09. The van der Waals surface area contributed by atoms with E-state index in [1.54, 1.807) is 36.9 Å². The Morgan fingerprint density at radius 2 is 1.20 bits per heavy atom. The molecule has 0 N–H and O–H groups in total. The largest absolute Gasteiger partial charge is 0.496 e. The molecule has 0 fully saturated rings. The highest BCUT2D eigenvalue weighted by Gasteiger charge is 2.15. The molecule has 0 aliphatic heterocycles. The van der Waals surface area contributed by atoms with Crippen molar-refractivity contribution in [2.75, 3.05) is 14.2 Å². The van der Waals surface area contributed by atoms with Crippen LogP contribution in [0.15, 0.2) is 47.2 Å². The maximum absolute atomic E-state index is 5.56. The van der Waals surface area contributed by atoms with Crippen molar-refractivity contribution in [1.29, 1.82) is 0 Å². The minimum absolute atomic E-state index is 0.872. The van der Waals surface area contributed by atoms with E-state index in [9.17, 15) is 0 Å². The topological polar surface area (TPSA) is 18.5 Å². The van der Waals surface area contributed by atoms with Crippen LogP contribution in [0.2, 0.25) is 0 Å². The molecule has 4 heteroatoms. The van der Waals surface area contributed by atoms with Gasteiger partial charge in [-0.1, -0.05) is 12.1 Å². The average molecular weight is 302 g/mol. The lowest BCUT2D eigenvalue weighted by atomic mass is 10.1. The van der Waals surface area contributed by atoms with Crippen molar-refractivity contribution in [3.8, 4) is 32.4 Å². The van der Waals surface area contributed by atoms with Gasteiger partial charge in [0.25, 0.3) is 0 Å². The lowest BCUT2D eigenvalue weighted by Crippen LogP contribution is -1.92. The minimum Gasteiger partial charge on any atom is -0.496 e. The van der Waals surface area contributed by atoms with E-state index in [2.05, 4.69) is 35.0 Å². The third-order valence-corrected chi connectivity index (χ3v) is 4.90. The van der Waals surface area contributed by atoms with Gasteiger partial charge in [0, 0.05) is 20.9 Å². The van der Waals surface area contributed by atoms with Crippen molar-refractivity contribution in [3.63, 3.8) is 0 Å². The Hall–Kier alpha value is -1.78. The molecule has 20 heavy (non-hydrogen) atoms. The fourth-order valence-corrected chi connectivity index (χ4v) is 3.64. The number of hydrogen-bond acceptors (Lipinski definition) is 4. The Kier molecular flexibility index (Phi) is 3.76. The predicted octanol–water partition coefficient (Wildman–Crippen LogP) is 5.16. The first-order chi connectivity index (χ1) is 9.83. The van der Waals surface area contributed by atoms with Gasteiger partial charge < -0.3 is 9.47 Å². The van der Waals surface area contributed by atoms with E-state index in [4.69, 9.17) is 9.47 Å². The molecule has 2 heterocycles. The lowest BCUT2D eigenvalue weighted by molar-refractivity contribution is 0.406. The van der Waals surface area contributed by atoms with E-state index in [1.807, 2.05) is 12.1 Å². The molecule has 3 rings (SSSR count). The number of benzene rings is 1. The first-order valence-electron chi connectivity index (χ1n) is 6.17. The van der Waals surface area contributed by atoms with Gasteiger partial charge in [-0.3, -0.25) is 0 Å². The summed E-state index contributed by atoms with van der Waals surface area (Å²) in [5.41, 5.74) is 2.14. The average Bonchev–Trinajstić information content (AvgIpc) is 3.18. The van der Waals surface area contributed by atoms with Gasteiger partial charge in [-0.25, -0.2) is 0 Å². The van der Waals surface area contributed by atoms with Gasteiger partial charge in [-0.05, 0) is 35.0 Å². The van der Waals surface area contributed by atoms with E-state index in [0.29, 0.717) is 0 Å². The molecule has 0 radical (unpaired) electrons. The normalized spacial score (nSPS) is 10.5. The van der Waals surface area contributed by atoms with E-state index >= 15 is 0 Å². The molecule has 102 valence electrons. The van der Waals surface area contributed by atoms with Crippen LogP contribution in [0.25, 0.3) is 20.9 Å². The fourth-order valence-electron chi connectivity index (χ4n) is 2.15. The van der Waals surface area contributed by atoms with Crippen LogP contribution in [-0.2, 0) is 0 Å². The van der Waals surface area contributed by atoms with Crippen LogP contribution in [0.3, 0.4) is 0 Å². The van der Waals surface area contributed by atoms with E-state index in [0.717, 1.165) is 22.6 Å². The Morgan fingerprint density at radius 3 is 1.50 bits per heavy atom. The SMILES string of the molecule is COc1cc(-c2cccs2)c(OC)cc1-c1cccs1. The molecular weight excluding hydrogens is 288 g/mol. The van der Waals surface area contributed by atoms with Crippen molar-refractivity contribution >= 4 is 22.7 Å². The summed E-state index contributed by atoms with van der Waals surface area (Å²) in [4.78, 5) is 2.36. The quantitative estimate of drug-likeness (QED) is 0.662. The summed E-state index contributed by atoms with van der Waals surface area (Å²) in [6, 6.07) is 12.4. The standard InChI is InChI=1S/C16H14O2S2/c1-17-13-9-12(16-6-4-8-20-16)14(18-2)10-11(13)15-5-3-7-19-15/h3-10H,1-2H3. The van der Waals surface area contributed by atoms with Gasteiger partial charge >= 0.3 is 0 Å². The molecule has 0 saturated carbocycles. The molecule has 0 aliphatic carbocycles. The van der Waals surface area contributed by atoms with Crippen LogP contribution in [0.1, 0.15) is 0 Å². The second-order valence-corrected chi connectivity index (χ2v) is 6.10. The lowest BCUT2D eigenvalue weighted by Gasteiger charge is -2.13. The first-order valence-corrected chi connectivity index (χ1v) is 7.93.